The lowest BCUT2D eigenvalue weighted by Crippen LogP contribution is -2.31. The summed E-state index contributed by atoms with van der Waals surface area (Å²) >= 11 is 6.22. The van der Waals surface area contributed by atoms with E-state index in [4.69, 9.17) is 21.1 Å². The lowest BCUT2D eigenvalue weighted by atomic mass is 10.1. The number of carbonyl (C=O) groups is 1. The van der Waals surface area contributed by atoms with Crippen LogP contribution in [0.5, 0.6) is 11.5 Å². The van der Waals surface area contributed by atoms with E-state index >= 15 is 0 Å². The highest BCUT2D eigenvalue weighted by molar-refractivity contribution is 6.32. The molecule has 1 atom stereocenters. The molecule has 0 aliphatic carbocycles. The summed E-state index contributed by atoms with van der Waals surface area (Å²) in [6.45, 7) is 3.64. The lowest BCUT2D eigenvalue weighted by molar-refractivity contribution is -0.129. The lowest BCUT2D eigenvalue weighted by Gasteiger charge is -2.21. The first-order valence-electron chi connectivity index (χ1n) is 7.67. The van der Waals surface area contributed by atoms with Gasteiger partial charge in [-0.2, -0.15) is 0 Å². The van der Waals surface area contributed by atoms with Gasteiger partial charge >= 0.3 is 0 Å². The summed E-state index contributed by atoms with van der Waals surface area (Å²) in [4.78, 5) is 14.4. The Bertz CT molecular complexity index is 565. The molecule has 0 radical (unpaired) electrons. The van der Waals surface area contributed by atoms with Crippen molar-refractivity contribution >= 4 is 17.5 Å². The number of fused-ring (bicyclic) bond motifs is 1. The maximum absolute atomic E-state index is 12.4. The molecule has 22 heavy (non-hydrogen) atoms. The minimum Gasteiger partial charge on any atom is -0.486 e. The van der Waals surface area contributed by atoms with E-state index in [0.29, 0.717) is 42.1 Å². The number of amides is 1. The molecule has 0 bridgehead atoms. The van der Waals surface area contributed by atoms with Gasteiger partial charge in [-0.15, -0.1) is 0 Å². The third kappa shape index (κ3) is 3.31. The molecule has 1 fully saturated rings. The molecule has 2 aliphatic rings. The van der Waals surface area contributed by atoms with E-state index in [1.54, 1.807) is 6.07 Å². The summed E-state index contributed by atoms with van der Waals surface area (Å²) in [5.74, 6) is 1.92. The molecule has 1 saturated heterocycles. The van der Waals surface area contributed by atoms with Crippen molar-refractivity contribution < 1.29 is 14.3 Å². The number of ether oxygens (including phenoxy) is 2. The van der Waals surface area contributed by atoms with Gasteiger partial charge in [0.1, 0.15) is 13.2 Å². The molecule has 120 valence electrons. The molecule has 1 N–H and O–H groups in total. The van der Waals surface area contributed by atoms with Crippen molar-refractivity contribution in [2.24, 2.45) is 5.92 Å². The monoisotopic (exact) mass is 324 g/mol. The molecule has 5 nitrogen and oxygen atoms in total. The molecule has 3 rings (SSSR count). The Morgan fingerprint density at radius 3 is 3.05 bits per heavy atom. The number of likely N-dealkylation sites (tertiary alicyclic amines) is 1. The first kappa shape index (κ1) is 15.4. The van der Waals surface area contributed by atoms with Gasteiger partial charge in [-0.25, -0.2) is 0 Å². The van der Waals surface area contributed by atoms with Gasteiger partial charge in [0, 0.05) is 13.1 Å². The van der Waals surface area contributed by atoms with Crippen LogP contribution in [-0.4, -0.2) is 50.7 Å². The highest BCUT2D eigenvalue weighted by atomic mass is 35.5. The van der Waals surface area contributed by atoms with E-state index in [-0.39, 0.29) is 5.91 Å². The van der Waals surface area contributed by atoms with E-state index in [0.717, 1.165) is 31.6 Å². The highest BCUT2D eigenvalue weighted by Crippen LogP contribution is 2.38. The number of nitrogens with one attached hydrogen (secondary N) is 1. The van der Waals surface area contributed by atoms with Gasteiger partial charge in [-0.05, 0) is 43.6 Å². The molecule has 1 amide bonds. The van der Waals surface area contributed by atoms with Crippen LogP contribution in [0.3, 0.4) is 0 Å². The number of hydrogen-bond acceptors (Lipinski definition) is 4. The van der Waals surface area contributed by atoms with Crippen LogP contribution in [-0.2, 0) is 11.2 Å². The maximum Gasteiger partial charge on any atom is 0.227 e. The van der Waals surface area contributed by atoms with Crippen molar-refractivity contribution in [2.45, 2.75) is 12.8 Å². The summed E-state index contributed by atoms with van der Waals surface area (Å²) in [6, 6.07) is 3.66. The molecule has 1 aromatic carbocycles. The van der Waals surface area contributed by atoms with Crippen molar-refractivity contribution in [2.75, 3.05) is 39.9 Å². The van der Waals surface area contributed by atoms with E-state index in [1.165, 1.54) is 0 Å². The average molecular weight is 325 g/mol. The molecular weight excluding hydrogens is 304 g/mol. The quantitative estimate of drug-likeness (QED) is 0.916. The van der Waals surface area contributed by atoms with Gasteiger partial charge in [-0.1, -0.05) is 11.6 Å². The van der Waals surface area contributed by atoms with Crippen molar-refractivity contribution in [1.29, 1.82) is 0 Å². The number of nitrogens with zero attached hydrogens (tertiary/aromatic N) is 1. The van der Waals surface area contributed by atoms with Crippen molar-refractivity contribution in [1.82, 2.24) is 10.2 Å². The third-order valence-corrected chi connectivity index (χ3v) is 4.42. The fourth-order valence-electron chi connectivity index (χ4n) is 3.07. The summed E-state index contributed by atoms with van der Waals surface area (Å²) in [7, 11) is 1.95. The van der Waals surface area contributed by atoms with Gasteiger partial charge in [0.05, 0.1) is 11.4 Å². The predicted molar refractivity (Wildman–Crippen MR) is 84.8 cm³/mol. The molecule has 1 unspecified atom stereocenters. The smallest absolute Gasteiger partial charge is 0.227 e. The zero-order valence-electron chi connectivity index (χ0n) is 12.7. The largest absolute Gasteiger partial charge is 0.486 e. The Balaban J connectivity index is 1.66. The van der Waals surface area contributed by atoms with Crippen molar-refractivity contribution in [3.05, 3.63) is 22.7 Å². The summed E-state index contributed by atoms with van der Waals surface area (Å²) < 4.78 is 11.1. The fourth-order valence-corrected chi connectivity index (χ4v) is 3.36. The van der Waals surface area contributed by atoms with Gasteiger partial charge in [0.25, 0.3) is 0 Å². The number of hydrogen-bond donors (Lipinski definition) is 1. The Kier molecular flexibility index (Phi) is 4.74. The molecule has 0 aromatic heterocycles. The van der Waals surface area contributed by atoms with Crippen LogP contribution in [0.15, 0.2) is 12.1 Å². The van der Waals surface area contributed by atoms with E-state index in [1.807, 2.05) is 18.0 Å². The van der Waals surface area contributed by atoms with Gasteiger partial charge in [-0.3, -0.25) is 4.79 Å². The molecule has 2 heterocycles. The summed E-state index contributed by atoms with van der Waals surface area (Å²) in [5, 5.41) is 3.68. The van der Waals surface area contributed by atoms with Crippen LogP contribution < -0.4 is 14.8 Å². The second kappa shape index (κ2) is 6.75. The zero-order valence-corrected chi connectivity index (χ0v) is 13.5. The molecule has 0 saturated carbocycles. The van der Waals surface area contributed by atoms with Crippen LogP contribution in [0.25, 0.3) is 0 Å². The topological polar surface area (TPSA) is 50.8 Å². The van der Waals surface area contributed by atoms with E-state index in [2.05, 4.69) is 5.32 Å². The third-order valence-electron chi connectivity index (χ3n) is 4.14. The van der Waals surface area contributed by atoms with Crippen LogP contribution >= 0.6 is 11.6 Å². The first-order valence-corrected chi connectivity index (χ1v) is 8.05. The summed E-state index contributed by atoms with van der Waals surface area (Å²) in [6.07, 6.45) is 1.41. The van der Waals surface area contributed by atoms with E-state index < -0.39 is 0 Å². The Morgan fingerprint density at radius 1 is 1.41 bits per heavy atom. The molecule has 0 spiro atoms. The van der Waals surface area contributed by atoms with Crippen LogP contribution in [0.4, 0.5) is 0 Å². The van der Waals surface area contributed by atoms with Crippen molar-refractivity contribution in [3.63, 3.8) is 0 Å². The molecule has 2 aliphatic heterocycles. The number of halogens is 1. The molecule has 1 aromatic rings. The number of benzene rings is 1. The molecule has 6 heteroatoms. The van der Waals surface area contributed by atoms with Crippen LogP contribution in [0.1, 0.15) is 12.0 Å². The second-order valence-corrected chi connectivity index (χ2v) is 6.24. The SMILES string of the molecule is CNCC1CCN(C(=O)Cc2cc(Cl)c3c(c2)OCCO3)C1. The van der Waals surface area contributed by atoms with Crippen LogP contribution in [0.2, 0.25) is 5.02 Å². The minimum atomic E-state index is 0.145. The number of carbonyl (C=O) groups excluding carboxylic acids is 1. The first-order chi connectivity index (χ1) is 10.7. The Hall–Kier alpha value is -1.46. The Labute approximate surface area is 135 Å². The average Bonchev–Trinajstić information content (AvgIpc) is 2.96. The normalized spacial score (nSPS) is 20.3. The highest BCUT2D eigenvalue weighted by Gasteiger charge is 2.26. The summed E-state index contributed by atoms with van der Waals surface area (Å²) in [5.41, 5.74) is 0.872. The fraction of sp³-hybridized carbons (Fsp3) is 0.562. The predicted octanol–water partition coefficient (Wildman–Crippen LogP) is 1.72. The van der Waals surface area contributed by atoms with Crippen molar-refractivity contribution in [3.8, 4) is 11.5 Å². The number of rotatable bonds is 4. The maximum atomic E-state index is 12.4. The second-order valence-electron chi connectivity index (χ2n) is 5.83. The van der Waals surface area contributed by atoms with Gasteiger partial charge in [0.2, 0.25) is 5.91 Å². The Morgan fingerprint density at radius 2 is 2.23 bits per heavy atom. The van der Waals surface area contributed by atoms with Gasteiger partial charge < -0.3 is 19.7 Å². The standard InChI is InChI=1S/C16H21ClN2O3/c1-18-9-11-2-3-19(10-11)15(20)8-12-6-13(17)16-14(7-12)21-4-5-22-16/h6-7,11,18H,2-5,8-10H2,1H3. The van der Waals surface area contributed by atoms with Gasteiger partial charge in [0.15, 0.2) is 11.5 Å². The van der Waals surface area contributed by atoms with E-state index in [9.17, 15) is 4.79 Å². The zero-order chi connectivity index (χ0) is 15.5. The molecular formula is C16H21ClN2O3. The minimum absolute atomic E-state index is 0.145. The van der Waals surface area contributed by atoms with Crippen LogP contribution in [0, 0.1) is 5.92 Å².